The van der Waals surface area contributed by atoms with Gasteiger partial charge >= 0.3 is 19.8 Å². The number of carbonyl (C=O) groups excluding carboxylic acids is 2. The molecule has 0 spiro atoms. The Hall–Kier alpha value is -1.43. The number of rotatable bonds is 8. The van der Waals surface area contributed by atoms with Crippen molar-refractivity contribution in [3.05, 3.63) is 0 Å². The number of nitrogens with zero attached hydrogens (tertiary/aromatic N) is 2. The van der Waals surface area contributed by atoms with Crippen molar-refractivity contribution in [2.75, 3.05) is 39.8 Å². The minimum atomic E-state index is -3.65. The quantitative estimate of drug-likeness (QED) is 0.372. The van der Waals surface area contributed by atoms with Gasteiger partial charge in [0.2, 0.25) is 0 Å². The maximum atomic E-state index is 11.8. The molecule has 120 valence electrons. The van der Waals surface area contributed by atoms with Crippen molar-refractivity contribution < 1.29 is 33.3 Å². The van der Waals surface area contributed by atoms with Crippen LogP contribution in [0.5, 0.6) is 0 Å². The van der Waals surface area contributed by atoms with Crippen molar-refractivity contribution in [3.8, 4) is 0 Å². The summed E-state index contributed by atoms with van der Waals surface area (Å²) in [6.45, 7) is 0.929. The van der Waals surface area contributed by atoms with E-state index in [9.17, 15) is 14.2 Å². The molecular formula is C8H16N5O7P. The van der Waals surface area contributed by atoms with Gasteiger partial charge in [-0.3, -0.25) is 29.5 Å². The molecule has 4 N–H and O–H groups in total. The van der Waals surface area contributed by atoms with E-state index in [0.29, 0.717) is 13.1 Å². The Bertz CT molecular complexity index is 413. The van der Waals surface area contributed by atoms with Crippen molar-refractivity contribution >= 4 is 19.8 Å². The molecule has 2 aliphatic rings. The summed E-state index contributed by atoms with van der Waals surface area (Å²) < 4.78 is 21.1. The second-order valence-corrected chi connectivity index (χ2v) is 5.82. The first kappa shape index (κ1) is 15.9. The van der Waals surface area contributed by atoms with Gasteiger partial charge in [0.15, 0.2) is 0 Å². The first-order valence-corrected chi connectivity index (χ1v) is 7.76. The highest BCUT2D eigenvalue weighted by atomic mass is 31.2. The minimum absolute atomic E-state index is 0.180. The zero-order valence-corrected chi connectivity index (χ0v) is 11.9. The first-order valence-electron chi connectivity index (χ1n) is 5.98. The second kappa shape index (κ2) is 7.02. The zero-order chi connectivity index (χ0) is 15.3. The lowest BCUT2D eigenvalue weighted by atomic mass is 10.7. The SMILES string of the molecule is NP(=O)(NOCN1CCOC1=O)NOCN1CCOC1=O. The number of nitrogens with one attached hydrogen (secondary N) is 2. The van der Waals surface area contributed by atoms with Crippen LogP contribution < -0.4 is 16.0 Å². The van der Waals surface area contributed by atoms with Gasteiger partial charge in [0, 0.05) is 0 Å². The van der Waals surface area contributed by atoms with Crippen LogP contribution >= 0.6 is 7.59 Å². The molecule has 2 amide bonds. The molecule has 0 saturated carbocycles. The molecule has 2 fully saturated rings. The second-order valence-electron chi connectivity index (χ2n) is 4.14. The van der Waals surface area contributed by atoms with Gasteiger partial charge in [-0.2, -0.15) is 0 Å². The van der Waals surface area contributed by atoms with Gasteiger partial charge in [-0.25, -0.2) is 9.59 Å². The summed E-state index contributed by atoms with van der Waals surface area (Å²) in [5, 5.41) is 4.11. The number of hydrogen-bond acceptors (Lipinski definition) is 7. The maximum Gasteiger partial charge on any atom is 0.411 e. The maximum absolute atomic E-state index is 11.8. The molecule has 0 radical (unpaired) electrons. The number of nitrogens with two attached hydrogens (primary N) is 1. The molecule has 21 heavy (non-hydrogen) atoms. The molecule has 0 aromatic carbocycles. The molecule has 0 atom stereocenters. The monoisotopic (exact) mass is 325 g/mol. The number of cyclic esters (lactones) is 2. The van der Waals surface area contributed by atoms with E-state index in [4.69, 9.17) is 15.2 Å². The molecule has 2 saturated heterocycles. The molecule has 2 aliphatic heterocycles. The number of ether oxygens (including phenoxy) is 2. The minimum Gasteiger partial charge on any atom is -0.447 e. The number of carbonyl (C=O) groups is 2. The van der Waals surface area contributed by atoms with E-state index in [-0.39, 0.29) is 26.7 Å². The summed E-state index contributed by atoms with van der Waals surface area (Å²) in [4.78, 5) is 34.3. The lowest BCUT2D eigenvalue weighted by Gasteiger charge is -2.19. The highest BCUT2D eigenvalue weighted by Crippen LogP contribution is 2.24. The van der Waals surface area contributed by atoms with Crippen molar-refractivity contribution in [3.63, 3.8) is 0 Å². The average molecular weight is 325 g/mol. The molecule has 0 bridgehead atoms. The van der Waals surface area contributed by atoms with Crippen LogP contribution in [0.15, 0.2) is 0 Å². The molecular weight excluding hydrogens is 309 g/mol. The largest absolute Gasteiger partial charge is 0.447 e. The molecule has 0 aliphatic carbocycles. The molecule has 12 nitrogen and oxygen atoms in total. The van der Waals surface area contributed by atoms with E-state index in [2.05, 4.69) is 20.0 Å². The highest BCUT2D eigenvalue weighted by molar-refractivity contribution is 7.56. The predicted octanol–water partition coefficient (Wildman–Crippen LogP) is -1.08. The van der Waals surface area contributed by atoms with Crippen LogP contribution in [0, 0.1) is 0 Å². The van der Waals surface area contributed by atoms with Gasteiger partial charge < -0.3 is 9.47 Å². The van der Waals surface area contributed by atoms with Crippen LogP contribution in [0.4, 0.5) is 9.59 Å². The van der Waals surface area contributed by atoms with Crippen molar-refractivity contribution in [2.45, 2.75) is 0 Å². The van der Waals surface area contributed by atoms with Crippen LogP contribution in [0.1, 0.15) is 0 Å². The molecule has 2 heterocycles. The first-order chi connectivity index (χ1) is 9.98. The van der Waals surface area contributed by atoms with Crippen molar-refractivity contribution in [1.29, 1.82) is 0 Å². The molecule has 0 unspecified atom stereocenters. The van der Waals surface area contributed by atoms with Crippen LogP contribution in [0.3, 0.4) is 0 Å². The van der Waals surface area contributed by atoms with Crippen molar-refractivity contribution in [2.24, 2.45) is 5.50 Å². The summed E-state index contributed by atoms with van der Waals surface area (Å²) >= 11 is 0. The van der Waals surface area contributed by atoms with E-state index >= 15 is 0 Å². The smallest absolute Gasteiger partial charge is 0.411 e. The van der Waals surface area contributed by atoms with Gasteiger partial charge in [-0.05, 0) is 0 Å². The Morgan fingerprint density at radius 2 is 1.48 bits per heavy atom. The standard InChI is InChI=1S/C8H16N5O7P/c9-21(16,10-19-5-12-1-3-17-7(12)14)11-20-6-13-2-4-18-8(13)15/h1-6H2,(H4,9,10,11,16). The Morgan fingerprint density at radius 3 is 1.81 bits per heavy atom. The highest BCUT2D eigenvalue weighted by Gasteiger charge is 2.25. The van der Waals surface area contributed by atoms with Gasteiger partial charge in [0.25, 0.3) is 0 Å². The Labute approximate surface area is 119 Å². The lowest BCUT2D eigenvalue weighted by Crippen LogP contribution is -2.36. The number of hydrogen-bond donors (Lipinski definition) is 3. The van der Waals surface area contributed by atoms with E-state index in [1.807, 2.05) is 0 Å². The fourth-order valence-corrected chi connectivity index (χ4v) is 2.05. The molecule has 13 heteroatoms. The third-order valence-corrected chi connectivity index (χ3v) is 3.33. The van der Waals surface area contributed by atoms with E-state index in [0.717, 1.165) is 0 Å². The van der Waals surface area contributed by atoms with Gasteiger partial charge in [0.1, 0.15) is 26.7 Å². The van der Waals surface area contributed by atoms with E-state index in [1.54, 1.807) is 0 Å². The fraction of sp³-hybridized carbons (Fsp3) is 0.750. The van der Waals surface area contributed by atoms with Crippen LogP contribution in [-0.2, 0) is 23.7 Å². The summed E-state index contributed by atoms with van der Waals surface area (Å²) in [6, 6.07) is 0. The van der Waals surface area contributed by atoms with E-state index < -0.39 is 19.8 Å². The number of amides is 2. The van der Waals surface area contributed by atoms with Gasteiger partial charge in [0.05, 0.1) is 13.1 Å². The summed E-state index contributed by atoms with van der Waals surface area (Å²) in [5.41, 5.74) is 5.37. The molecule has 0 aromatic rings. The lowest BCUT2D eigenvalue weighted by molar-refractivity contribution is 0.000382. The Balaban J connectivity index is 1.61. The summed E-state index contributed by atoms with van der Waals surface area (Å²) in [5.74, 6) is 0. The third-order valence-electron chi connectivity index (χ3n) is 2.53. The summed E-state index contributed by atoms with van der Waals surface area (Å²) in [6.07, 6.45) is -1.05. The predicted molar refractivity (Wildman–Crippen MR) is 66.1 cm³/mol. The zero-order valence-electron chi connectivity index (χ0n) is 11.0. The summed E-state index contributed by atoms with van der Waals surface area (Å²) in [7, 11) is -3.65. The van der Waals surface area contributed by atoms with Crippen LogP contribution in [0.25, 0.3) is 0 Å². The molecule has 0 aromatic heterocycles. The van der Waals surface area contributed by atoms with Crippen LogP contribution in [-0.4, -0.2) is 61.8 Å². The van der Waals surface area contributed by atoms with Gasteiger partial charge in [-0.15, -0.1) is 10.5 Å². The fourth-order valence-electron chi connectivity index (χ4n) is 1.51. The third kappa shape index (κ3) is 4.81. The Morgan fingerprint density at radius 1 is 1.05 bits per heavy atom. The Kier molecular flexibility index (Phi) is 5.33. The normalized spacial score (nSPS) is 19.1. The van der Waals surface area contributed by atoms with Crippen molar-refractivity contribution in [1.82, 2.24) is 20.3 Å². The topological polar surface area (TPSA) is 145 Å². The van der Waals surface area contributed by atoms with E-state index in [1.165, 1.54) is 9.80 Å². The van der Waals surface area contributed by atoms with Gasteiger partial charge in [-0.1, -0.05) is 0 Å². The average Bonchev–Trinajstić information content (AvgIpc) is 2.99. The van der Waals surface area contributed by atoms with Crippen LogP contribution in [0.2, 0.25) is 0 Å². The molecule has 2 rings (SSSR count).